The fourth-order valence-corrected chi connectivity index (χ4v) is 4.57. The van der Waals surface area contributed by atoms with Crippen LogP contribution in [0.1, 0.15) is 41.5 Å². The van der Waals surface area contributed by atoms with E-state index in [1.54, 1.807) is 0 Å². The number of hydrogen-bond donors (Lipinski definition) is 1. The number of ether oxygens (including phenoxy) is 1. The average molecular weight is 426 g/mol. The highest BCUT2D eigenvalue weighted by Gasteiger charge is 2.28. The van der Waals surface area contributed by atoms with Gasteiger partial charge in [-0.2, -0.15) is 0 Å². The Labute approximate surface area is 185 Å². The van der Waals surface area contributed by atoms with Crippen LogP contribution in [-0.4, -0.2) is 67.3 Å². The van der Waals surface area contributed by atoms with Crippen LogP contribution in [-0.2, 0) is 11.3 Å². The predicted molar refractivity (Wildman–Crippen MR) is 122 cm³/mol. The van der Waals surface area contributed by atoms with E-state index in [-0.39, 0.29) is 6.10 Å². The molecule has 1 aromatic carbocycles. The van der Waals surface area contributed by atoms with E-state index in [1.807, 2.05) is 20.0 Å². The van der Waals surface area contributed by atoms with Crippen LogP contribution in [0.3, 0.4) is 0 Å². The lowest BCUT2D eigenvalue weighted by Crippen LogP contribution is -2.53. The van der Waals surface area contributed by atoms with Crippen LogP contribution in [0.5, 0.6) is 0 Å². The van der Waals surface area contributed by atoms with Gasteiger partial charge < -0.3 is 19.5 Å². The Morgan fingerprint density at radius 1 is 1.16 bits per heavy atom. The molecule has 2 unspecified atom stereocenters. The molecule has 7 nitrogen and oxygen atoms in total. The topological polar surface area (TPSA) is 66.1 Å². The largest absolute Gasteiger partial charge is 0.373 e. The van der Waals surface area contributed by atoms with Gasteiger partial charge in [-0.25, -0.2) is 0 Å². The van der Waals surface area contributed by atoms with Gasteiger partial charge in [0.1, 0.15) is 5.76 Å². The molecule has 0 spiro atoms. The molecule has 0 radical (unpaired) electrons. The van der Waals surface area contributed by atoms with E-state index in [0.29, 0.717) is 5.92 Å². The summed E-state index contributed by atoms with van der Waals surface area (Å²) in [6.45, 7) is 10.5. The second-order valence-electron chi connectivity index (χ2n) is 8.72. The maximum absolute atomic E-state index is 6.19. The van der Waals surface area contributed by atoms with Crippen molar-refractivity contribution in [2.45, 2.75) is 39.3 Å². The first-order chi connectivity index (χ1) is 15.1. The van der Waals surface area contributed by atoms with Crippen molar-refractivity contribution in [1.29, 1.82) is 0 Å². The van der Waals surface area contributed by atoms with Gasteiger partial charge >= 0.3 is 0 Å². The summed E-state index contributed by atoms with van der Waals surface area (Å²) in [5, 5.41) is 7.76. The highest BCUT2D eigenvalue weighted by atomic mass is 16.5. The van der Waals surface area contributed by atoms with Gasteiger partial charge in [-0.1, -0.05) is 35.0 Å². The van der Waals surface area contributed by atoms with Gasteiger partial charge in [0.15, 0.2) is 5.96 Å². The third-order valence-corrected chi connectivity index (χ3v) is 6.32. The number of nitrogens with one attached hydrogen (secondary N) is 1. The number of guanidine groups is 1. The summed E-state index contributed by atoms with van der Waals surface area (Å²) >= 11 is 0. The van der Waals surface area contributed by atoms with Crippen LogP contribution in [0.15, 0.2) is 39.8 Å². The van der Waals surface area contributed by atoms with Crippen molar-refractivity contribution in [3.63, 3.8) is 0 Å². The smallest absolute Gasteiger partial charge is 0.193 e. The highest BCUT2D eigenvalue weighted by Crippen LogP contribution is 2.33. The molecule has 1 N–H and O–H groups in total. The normalized spacial score (nSPS) is 23.2. The molecule has 2 saturated heterocycles. The van der Waals surface area contributed by atoms with Gasteiger partial charge in [0.25, 0.3) is 0 Å². The molecule has 168 valence electrons. The summed E-state index contributed by atoms with van der Waals surface area (Å²) in [4.78, 5) is 9.34. The number of benzene rings is 1. The fraction of sp³-hybridized carbons (Fsp3) is 0.583. The lowest BCUT2D eigenvalue weighted by atomic mass is 9.89. The quantitative estimate of drug-likeness (QED) is 0.586. The first kappa shape index (κ1) is 21.8. The molecule has 0 aliphatic carbocycles. The Kier molecular flexibility index (Phi) is 7.25. The van der Waals surface area contributed by atoms with Crippen molar-refractivity contribution in [3.8, 4) is 0 Å². The molecular weight excluding hydrogens is 390 g/mol. The van der Waals surface area contributed by atoms with Gasteiger partial charge in [0.05, 0.1) is 11.8 Å². The van der Waals surface area contributed by atoms with Crippen LogP contribution in [0.25, 0.3) is 0 Å². The molecular formula is C24H35N5O2. The summed E-state index contributed by atoms with van der Waals surface area (Å²) in [7, 11) is 1.88. The molecule has 2 aliphatic heterocycles. The summed E-state index contributed by atoms with van der Waals surface area (Å²) in [6, 6.07) is 10.8. The highest BCUT2D eigenvalue weighted by molar-refractivity contribution is 5.80. The van der Waals surface area contributed by atoms with E-state index in [2.05, 4.69) is 56.5 Å². The number of nitrogens with zero attached hydrogens (tertiary/aromatic N) is 4. The minimum atomic E-state index is 0.155. The van der Waals surface area contributed by atoms with Gasteiger partial charge in [0.2, 0.25) is 0 Å². The zero-order chi connectivity index (χ0) is 21.6. The van der Waals surface area contributed by atoms with Gasteiger partial charge in [-0.3, -0.25) is 9.89 Å². The predicted octanol–water partition coefficient (Wildman–Crippen LogP) is 3.15. The van der Waals surface area contributed by atoms with Crippen LogP contribution in [0.4, 0.5) is 0 Å². The summed E-state index contributed by atoms with van der Waals surface area (Å²) in [5.74, 6) is 2.31. The summed E-state index contributed by atoms with van der Waals surface area (Å²) < 4.78 is 11.4. The van der Waals surface area contributed by atoms with E-state index in [9.17, 15) is 0 Å². The fourth-order valence-electron chi connectivity index (χ4n) is 4.57. The monoisotopic (exact) mass is 425 g/mol. The Morgan fingerprint density at radius 2 is 1.94 bits per heavy atom. The minimum absolute atomic E-state index is 0.155. The summed E-state index contributed by atoms with van der Waals surface area (Å²) in [6.07, 6.45) is 2.45. The molecule has 2 aromatic rings. The summed E-state index contributed by atoms with van der Waals surface area (Å²) in [5.41, 5.74) is 3.57. The Bertz CT molecular complexity index is 855. The number of hydrogen-bond acceptors (Lipinski definition) is 5. The van der Waals surface area contributed by atoms with Gasteiger partial charge in [-0.05, 0) is 32.3 Å². The average Bonchev–Trinajstić information content (AvgIpc) is 3.20. The third-order valence-electron chi connectivity index (χ3n) is 6.32. The first-order valence-corrected chi connectivity index (χ1v) is 11.4. The standard InChI is InChI=1S/C24H35N5O2/c1-18-6-8-20(9-7-18)23-21(5-4-14-30-23)16-26-24(25-3)29-12-10-28(11-13-29)17-22-15-19(2)31-27-22/h6-9,15,21,23H,4-5,10-14,16-17H2,1-3H3,(H,25,26). The maximum Gasteiger partial charge on any atom is 0.193 e. The number of piperazine rings is 1. The minimum Gasteiger partial charge on any atom is -0.373 e. The Morgan fingerprint density at radius 3 is 2.61 bits per heavy atom. The molecule has 0 saturated carbocycles. The van der Waals surface area contributed by atoms with Crippen LogP contribution in [0.2, 0.25) is 0 Å². The molecule has 7 heteroatoms. The number of aliphatic imine (C=N–C) groups is 1. The maximum atomic E-state index is 6.19. The molecule has 2 atom stereocenters. The SMILES string of the molecule is CN=C(NCC1CCCOC1c1ccc(C)cc1)N1CCN(Cc2cc(C)on2)CC1. The molecule has 2 fully saturated rings. The zero-order valence-electron chi connectivity index (χ0n) is 19.0. The molecule has 0 bridgehead atoms. The van der Waals surface area contributed by atoms with E-state index in [0.717, 1.165) is 69.7 Å². The lowest BCUT2D eigenvalue weighted by molar-refractivity contribution is -0.0267. The van der Waals surface area contributed by atoms with Gasteiger partial charge in [-0.15, -0.1) is 0 Å². The van der Waals surface area contributed by atoms with E-state index >= 15 is 0 Å². The number of aryl methyl sites for hydroxylation is 2. The molecule has 1 aromatic heterocycles. The zero-order valence-corrected chi connectivity index (χ0v) is 19.0. The molecule has 4 rings (SSSR count). The second kappa shape index (κ2) is 10.3. The van der Waals surface area contributed by atoms with Crippen molar-refractivity contribution in [1.82, 2.24) is 20.3 Å². The lowest BCUT2D eigenvalue weighted by Gasteiger charge is -2.37. The number of rotatable bonds is 5. The third kappa shape index (κ3) is 5.66. The van der Waals surface area contributed by atoms with Crippen molar-refractivity contribution < 1.29 is 9.26 Å². The van der Waals surface area contributed by atoms with Crippen LogP contribution < -0.4 is 5.32 Å². The Balaban J connectivity index is 1.29. The Hall–Kier alpha value is -2.38. The van der Waals surface area contributed by atoms with Crippen molar-refractivity contribution in [2.75, 3.05) is 46.4 Å². The molecule has 31 heavy (non-hydrogen) atoms. The number of aromatic nitrogens is 1. The molecule has 3 heterocycles. The van der Waals surface area contributed by atoms with Crippen LogP contribution in [0, 0.1) is 19.8 Å². The molecule has 2 aliphatic rings. The van der Waals surface area contributed by atoms with Gasteiger partial charge in [0, 0.05) is 64.9 Å². The van der Waals surface area contributed by atoms with Crippen molar-refractivity contribution >= 4 is 5.96 Å². The molecule has 0 amide bonds. The second-order valence-corrected chi connectivity index (χ2v) is 8.72. The first-order valence-electron chi connectivity index (χ1n) is 11.4. The van der Waals surface area contributed by atoms with E-state index < -0.39 is 0 Å². The van der Waals surface area contributed by atoms with E-state index in [1.165, 1.54) is 17.5 Å². The van der Waals surface area contributed by atoms with E-state index in [4.69, 9.17) is 9.26 Å². The van der Waals surface area contributed by atoms with Crippen molar-refractivity contribution in [2.24, 2.45) is 10.9 Å². The van der Waals surface area contributed by atoms with Crippen molar-refractivity contribution in [3.05, 3.63) is 52.9 Å². The van der Waals surface area contributed by atoms with Crippen LogP contribution >= 0.6 is 0 Å².